The number of likely N-dealkylation sites (N-methyl/N-ethyl adjacent to an activating group) is 1. The molecule has 6 rings (SSSR count). The molecule has 0 unspecified atom stereocenters. The molecule has 5 nitrogen and oxygen atoms in total. The van der Waals surface area contributed by atoms with Gasteiger partial charge in [-0.25, -0.2) is 9.97 Å². The Balaban J connectivity index is 1.37. The fraction of sp³-hybridized carbons (Fsp3) is 0.417. The summed E-state index contributed by atoms with van der Waals surface area (Å²) in [5, 5.41) is 4.85. The van der Waals surface area contributed by atoms with Gasteiger partial charge in [-0.3, -0.25) is 4.90 Å². The Hall–Kier alpha value is -2.06. The topological polar surface area (TPSA) is 50.3 Å². The molecule has 2 aliphatic heterocycles. The maximum Gasteiger partial charge on any atom is 0.125 e. The van der Waals surface area contributed by atoms with Crippen molar-refractivity contribution in [1.29, 1.82) is 0 Å². The molecule has 2 saturated heterocycles. The minimum absolute atomic E-state index is 0.247. The van der Waals surface area contributed by atoms with Gasteiger partial charge in [0.1, 0.15) is 4.83 Å². The number of nitrogens with one attached hydrogen (secondary N) is 1. The van der Waals surface area contributed by atoms with Crippen LogP contribution in [-0.2, 0) is 4.74 Å². The Morgan fingerprint density at radius 2 is 2.10 bits per heavy atom. The highest BCUT2D eigenvalue weighted by atomic mass is 32.1. The Morgan fingerprint density at radius 3 is 2.97 bits per heavy atom. The number of benzene rings is 1. The van der Waals surface area contributed by atoms with Gasteiger partial charge in [0.15, 0.2) is 0 Å². The minimum Gasteiger partial charge on any atom is -0.381 e. The number of hydrogen-bond donors (Lipinski definition) is 1. The van der Waals surface area contributed by atoms with Gasteiger partial charge in [-0.1, -0.05) is 6.92 Å². The van der Waals surface area contributed by atoms with E-state index in [1.807, 2.05) is 23.0 Å². The Labute approximate surface area is 190 Å². The lowest BCUT2D eigenvalue weighted by Gasteiger charge is -2.44. The van der Waals surface area contributed by atoms with Crippen molar-refractivity contribution in [3.63, 3.8) is 0 Å². The lowest BCUT2D eigenvalue weighted by atomic mass is 9.77. The number of anilines is 2. The fourth-order valence-corrected chi connectivity index (χ4v) is 7.53. The number of fused-ring (bicyclic) bond motifs is 2. The van der Waals surface area contributed by atoms with Crippen LogP contribution in [-0.4, -0.2) is 46.7 Å². The second kappa shape index (κ2) is 7.81. The molecule has 2 fully saturated rings. The van der Waals surface area contributed by atoms with Crippen molar-refractivity contribution in [1.82, 2.24) is 14.9 Å². The summed E-state index contributed by atoms with van der Waals surface area (Å²) in [5.74, 6) is 0.565. The number of rotatable bonds is 4. The molecule has 1 N–H and O–H groups in total. The molecule has 2 aliphatic rings. The third-order valence-corrected chi connectivity index (χ3v) is 9.08. The lowest BCUT2D eigenvalue weighted by molar-refractivity contribution is -0.0132. The van der Waals surface area contributed by atoms with Gasteiger partial charge in [0, 0.05) is 46.8 Å². The van der Waals surface area contributed by atoms with E-state index in [0.717, 1.165) is 54.3 Å². The van der Waals surface area contributed by atoms with Gasteiger partial charge in [-0.05, 0) is 62.7 Å². The van der Waals surface area contributed by atoms with E-state index < -0.39 is 0 Å². The first-order chi connectivity index (χ1) is 15.3. The summed E-state index contributed by atoms with van der Waals surface area (Å²) in [7, 11) is 0. The number of aromatic nitrogens is 2. The molecule has 0 saturated carbocycles. The third kappa shape index (κ3) is 3.26. The number of hydrogen-bond acceptors (Lipinski definition) is 7. The van der Waals surface area contributed by atoms with Crippen molar-refractivity contribution in [2.45, 2.75) is 37.6 Å². The molecule has 0 amide bonds. The maximum atomic E-state index is 5.75. The molecule has 160 valence electrons. The second-order valence-electron chi connectivity index (χ2n) is 8.52. The van der Waals surface area contributed by atoms with Crippen LogP contribution in [0.5, 0.6) is 0 Å². The number of nitrogens with zero attached hydrogens (tertiary/aromatic N) is 3. The standard InChI is InChI=1S/C24H26N4OS2/c1-2-28-10-6-18(24(28)7-11-29-12-8-24)22-14-17-19(5-9-25-23(17)31-22)27-16-3-4-21-20(13-16)26-15-30-21/h3-5,9,13-15,18H,2,6-8,10-12H2,1H3,(H,25,27)/t18-/m0/s1. The molecule has 0 radical (unpaired) electrons. The van der Waals surface area contributed by atoms with Crippen LogP contribution in [0.15, 0.2) is 42.0 Å². The van der Waals surface area contributed by atoms with E-state index in [1.54, 1.807) is 11.3 Å². The van der Waals surface area contributed by atoms with Crippen LogP contribution in [0.3, 0.4) is 0 Å². The summed E-state index contributed by atoms with van der Waals surface area (Å²) < 4.78 is 6.97. The smallest absolute Gasteiger partial charge is 0.125 e. The number of thiophene rings is 1. The van der Waals surface area contributed by atoms with Gasteiger partial charge < -0.3 is 10.1 Å². The molecular formula is C24H26N4OS2. The van der Waals surface area contributed by atoms with Gasteiger partial charge in [0.2, 0.25) is 0 Å². The Kier molecular flexibility index (Phi) is 4.94. The summed E-state index contributed by atoms with van der Waals surface area (Å²) in [6, 6.07) is 10.9. The van der Waals surface area contributed by atoms with Gasteiger partial charge in [0.25, 0.3) is 0 Å². The molecule has 31 heavy (non-hydrogen) atoms. The zero-order chi connectivity index (χ0) is 20.8. The molecule has 0 bridgehead atoms. The van der Waals surface area contributed by atoms with Crippen LogP contribution >= 0.6 is 22.7 Å². The van der Waals surface area contributed by atoms with Gasteiger partial charge in [0.05, 0.1) is 21.4 Å². The summed E-state index contributed by atoms with van der Waals surface area (Å²) >= 11 is 3.55. The van der Waals surface area contributed by atoms with Crippen molar-refractivity contribution in [2.24, 2.45) is 0 Å². The largest absolute Gasteiger partial charge is 0.381 e. The van der Waals surface area contributed by atoms with E-state index in [4.69, 9.17) is 9.72 Å². The molecule has 0 aliphatic carbocycles. The molecule has 1 aromatic carbocycles. The fourth-order valence-electron chi connectivity index (χ4n) is 5.60. The number of pyridine rings is 1. The average Bonchev–Trinajstić information content (AvgIpc) is 3.51. The first kappa shape index (κ1) is 19.6. The predicted molar refractivity (Wildman–Crippen MR) is 130 cm³/mol. The van der Waals surface area contributed by atoms with Gasteiger partial charge in [-0.15, -0.1) is 22.7 Å². The minimum atomic E-state index is 0.247. The van der Waals surface area contributed by atoms with Crippen LogP contribution in [0.4, 0.5) is 11.4 Å². The van der Waals surface area contributed by atoms with E-state index >= 15 is 0 Å². The summed E-state index contributed by atoms with van der Waals surface area (Å²) in [5.41, 5.74) is 5.37. The highest BCUT2D eigenvalue weighted by Crippen LogP contribution is 2.50. The normalized spacial score (nSPS) is 21.4. The zero-order valence-electron chi connectivity index (χ0n) is 17.6. The van der Waals surface area contributed by atoms with E-state index in [2.05, 4.69) is 52.5 Å². The predicted octanol–water partition coefficient (Wildman–Crippen LogP) is 6.01. The Morgan fingerprint density at radius 1 is 1.19 bits per heavy atom. The average molecular weight is 451 g/mol. The van der Waals surface area contributed by atoms with Crippen molar-refractivity contribution in [3.8, 4) is 0 Å². The van der Waals surface area contributed by atoms with Crippen molar-refractivity contribution in [3.05, 3.63) is 46.9 Å². The molecular weight excluding hydrogens is 424 g/mol. The summed E-state index contributed by atoms with van der Waals surface area (Å²) in [4.78, 5) is 14.5. The molecule has 5 heterocycles. The van der Waals surface area contributed by atoms with Crippen LogP contribution in [0.2, 0.25) is 0 Å². The molecule has 1 spiro atoms. The first-order valence-electron chi connectivity index (χ1n) is 11.1. The van der Waals surface area contributed by atoms with Gasteiger partial charge in [-0.2, -0.15) is 0 Å². The van der Waals surface area contributed by atoms with E-state index in [9.17, 15) is 0 Å². The molecule has 4 aromatic rings. The van der Waals surface area contributed by atoms with Gasteiger partial charge >= 0.3 is 0 Å². The Bertz CT molecular complexity index is 1230. The molecule has 3 aromatic heterocycles. The monoisotopic (exact) mass is 450 g/mol. The molecule has 1 atom stereocenters. The van der Waals surface area contributed by atoms with E-state index in [1.165, 1.54) is 27.9 Å². The highest BCUT2D eigenvalue weighted by Gasteiger charge is 2.49. The number of likely N-dealkylation sites (tertiary alicyclic amines) is 1. The van der Waals surface area contributed by atoms with E-state index in [-0.39, 0.29) is 5.54 Å². The lowest BCUT2D eigenvalue weighted by Crippen LogP contribution is -2.50. The van der Waals surface area contributed by atoms with Crippen molar-refractivity contribution < 1.29 is 4.74 Å². The van der Waals surface area contributed by atoms with Crippen molar-refractivity contribution >= 4 is 54.5 Å². The van der Waals surface area contributed by atoms with Crippen molar-refractivity contribution in [2.75, 3.05) is 31.6 Å². The summed E-state index contributed by atoms with van der Waals surface area (Å²) in [6.07, 6.45) is 5.41. The van der Waals surface area contributed by atoms with Crippen LogP contribution in [0.25, 0.3) is 20.4 Å². The number of thiazole rings is 1. The second-order valence-corrected chi connectivity index (χ2v) is 10.5. The van der Waals surface area contributed by atoms with Crippen LogP contribution in [0, 0.1) is 0 Å². The SMILES string of the molecule is CCN1CC[C@@H](c2cc3c(Nc4ccc5scnc5c4)ccnc3s2)C12CCOCC2. The maximum absolute atomic E-state index is 5.75. The molecule has 7 heteroatoms. The van der Waals surface area contributed by atoms with Crippen LogP contribution in [0.1, 0.15) is 37.0 Å². The first-order valence-corrected chi connectivity index (χ1v) is 12.8. The zero-order valence-corrected chi connectivity index (χ0v) is 19.3. The highest BCUT2D eigenvalue weighted by molar-refractivity contribution is 7.18. The number of ether oxygens (including phenoxy) is 1. The van der Waals surface area contributed by atoms with E-state index in [0.29, 0.717) is 5.92 Å². The van der Waals surface area contributed by atoms with Crippen LogP contribution < -0.4 is 5.32 Å². The summed E-state index contributed by atoms with van der Waals surface area (Å²) in [6.45, 7) is 6.35. The quantitative estimate of drug-likeness (QED) is 0.413. The third-order valence-electron chi connectivity index (χ3n) is 7.11.